The van der Waals surface area contributed by atoms with Crippen molar-refractivity contribution < 1.29 is 4.74 Å². The topological polar surface area (TPSA) is 35.2 Å². The minimum absolute atomic E-state index is 0.300. The van der Waals surface area contributed by atoms with Crippen molar-refractivity contribution in [3.05, 3.63) is 0 Å². The SMILES string of the molecule is CC(C)COCC(N)C1CC1. The number of hydrogen-bond donors (Lipinski definition) is 1. The number of nitrogens with two attached hydrogens (primary N) is 1. The number of rotatable bonds is 5. The van der Waals surface area contributed by atoms with Gasteiger partial charge in [0.25, 0.3) is 0 Å². The molecular formula is C9H19NO. The summed E-state index contributed by atoms with van der Waals surface area (Å²) in [6.07, 6.45) is 2.62. The van der Waals surface area contributed by atoms with Crippen LogP contribution in [0.1, 0.15) is 26.7 Å². The molecule has 2 nitrogen and oxygen atoms in total. The Hall–Kier alpha value is -0.0800. The fraction of sp³-hybridized carbons (Fsp3) is 1.00. The lowest BCUT2D eigenvalue weighted by Crippen LogP contribution is -2.29. The minimum Gasteiger partial charge on any atom is -0.380 e. The molecule has 0 heterocycles. The maximum Gasteiger partial charge on any atom is 0.0620 e. The molecule has 0 saturated heterocycles. The molecule has 1 saturated carbocycles. The van der Waals surface area contributed by atoms with E-state index in [0.717, 1.165) is 19.1 Å². The molecule has 1 rings (SSSR count). The van der Waals surface area contributed by atoms with Gasteiger partial charge in [0.05, 0.1) is 6.61 Å². The van der Waals surface area contributed by atoms with E-state index in [9.17, 15) is 0 Å². The zero-order valence-corrected chi connectivity index (χ0v) is 7.55. The summed E-state index contributed by atoms with van der Waals surface area (Å²) in [6.45, 7) is 5.91. The Labute approximate surface area is 69.1 Å². The first-order chi connectivity index (χ1) is 5.20. The van der Waals surface area contributed by atoms with Gasteiger partial charge in [-0.2, -0.15) is 0 Å². The van der Waals surface area contributed by atoms with E-state index in [1.165, 1.54) is 12.8 Å². The fourth-order valence-corrected chi connectivity index (χ4v) is 1.10. The quantitative estimate of drug-likeness (QED) is 0.654. The van der Waals surface area contributed by atoms with Gasteiger partial charge in [-0.3, -0.25) is 0 Å². The molecule has 0 aromatic rings. The van der Waals surface area contributed by atoms with Crippen LogP contribution in [-0.2, 0) is 4.74 Å². The maximum absolute atomic E-state index is 5.84. The lowest BCUT2D eigenvalue weighted by Gasteiger charge is -2.11. The van der Waals surface area contributed by atoms with Gasteiger partial charge in [0, 0.05) is 12.6 Å². The van der Waals surface area contributed by atoms with Crippen molar-refractivity contribution in [2.45, 2.75) is 32.7 Å². The molecule has 0 radical (unpaired) electrons. The van der Waals surface area contributed by atoms with Crippen LogP contribution in [0.3, 0.4) is 0 Å². The molecule has 1 aliphatic rings. The van der Waals surface area contributed by atoms with E-state index in [4.69, 9.17) is 10.5 Å². The molecule has 0 spiro atoms. The zero-order valence-electron chi connectivity index (χ0n) is 7.55. The Kier molecular flexibility index (Phi) is 3.34. The highest BCUT2D eigenvalue weighted by Gasteiger charge is 2.28. The Morgan fingerprint density at radius 1 is 1.36 bits per heavy atom. The predicted molar refractivity (Wildman–Crippen MR) is 46.4 cm³/mol. The highest BCUT2D eigenvalue weighted by molar-refractivity contribution is 4.83. The van der Waals surface area contributed by atoms with Gasteiger partial charge in [-0.15, -0.1) is 0 Å². The third kappa shape index (κ3) is 3.73. The van der Waals surface area contributed by atoms with Crippen molar-refractivity contribution in [3.63, 3.8) is 0 Å². The Morgan fingerprint density at radius 3 is 2.45 bits per heavy atom. The van der Waals surface area contributed by atoms with Gasteiger partial charge >= 0.3 is 0 Å². The van der Waals surface area contributed by atoms with Crippen molar-refractivity contribution in [2.24, 2.45) is 17.6 Å². The lowest BCUT2D eigenvalue weighted by atomic mass is 10.2. The molecule has 0 aliphatic heterocycles. The van der Waals surface area contributed by atoms with E-state index >= 15 is 0 Å². The van der Waals surface area contributed by atoms with Gasteiger partial charge in [0.15, 0.2) is 0 Å². The second-order valence-electron chi connectivity index (χ2n) is 3.93. The second kappa shape index (κ2) is 4.07. The second-order valence-corrected chi connectivity index (χ2v) is 3.93. The summed E-state index contributed by atoms with van der Waals surface area (Å²) in [5.41, 5.74) is 5.84. The largest absolute Gasteiger partial charge is 0.380 e. The summed E-state index contributed by atoms with van der Waals surface area (Å²) < 4.78 is 5.43. The molecule has 1 atom stereocenters. The van der Waals surface area contributed by atoms with Gasteiger partial charge in [0.2, 0.25) is 0 Å². The molecule has 0 aromatic heterocycles. The molecule has 0 amide bonds. The van der Waals surface area contributed by atoms with Crippen molar-refractivity contribution >= 4 is 0 Å². The zero-order chi connectivity index (χ0) is 8.27. The van der Waals surface area contributed by atoms with Crippen molar-refractivity contribution in [1.29, 1.82) is 0 Å². The first-order valence-electron chi connectivity index (χ1n) is 4.53. The van der Waals surface area contributed by atoms with Crippen LogP contribution in [0, 0.1) is 11.8 Å². The smallest absolute Gasteiger partial charge is 0.0620 e. The van der Waals surface area contributed by atoms with Gasteiger partial charge < -0.3 is 10.5 Å². The van der Waals surface area contributed by atoms with Crippen LogP contribution in [-0.4, -0.2) is 19.3 Å². The summed E-state index contributed by atoms with van der Waals surface area (Å²) in [7, 11) is 0. The van der Waals surface area contributed by atoms with E-state index < -0.39 is 0 Å². The third-order valence-electron chi connectivity index (χ3n) is 1.99. The lowest BCUT2D eigenvalue weighted by molar-refractivity contribution is 0.0941. The van der Waals surface area contributed by atoms with Crippen LogP contribution in [0.15, 0.2) is 0 Å². The van der Waals surface area contributed by atoms with Gasteiger partial charge in [-0.05, 0) is 24.7 Å². The van der Waals surface area contributed by atoms with Crippen molar-refractivity contribution in [1.82, 2.24) is 0 Å². The molecule has 0 bridgehead atoms. The van der Waals surface area contributed by atoms with Crippen LogP contribution in [0.5, 0.6) is 0 Å². The molecule has 1 unspecified atom stereocenters. The Morgan fingerprint density at radius 2 is 2.00 bits per heavy atom. The van der Waals surface area contributed by atoms with E-state index in [1.54, 1.807) is 0 Å². The molecule has 1 fully saturated rings. The molecule has 11 heavy (non-hydrogen) atoms. The van der Waals surface area contributed by atoms with E-state index in [0.29, 0.717) is 12.0 Å². The number of ether oxygens (including phenoxy) is 1. The average Bonchev–Trinajstić information content (AvgIpc) is 2.66. The standard InChI is InChI=1S/C9H19NO/c1-7(2)5-11-6-9(10)8-3-4-8/h7-9H,3-6,10H2,1-2H3. The fourth-order valence-electron chi connectivity index (χ4n) is 1.10. The Bertz CT molecular complexity index is 110. The molecule has 1 aliphatic carbocycles. The Balaban J connectivity index is 1.93. The summed E-state index contributed by atoms with van der Waals surface area (Å²) in [6, 6.07) is 0.300. The monoisotopic (exact) mass is 157 g/mol. The maximum atomic E-state index is 5.84. The first kappa shape index (κ1) is 9.01. The van der Waals surface area contributed by atoms with Gasteiger partial charge in [-0.1, -0.05) is 13.8 Å². The molecule has 2 heteroatoms. The third-order valence-corrected chi connectivity index (χ3v) is 1.99. The molecule has 66 valence electrons. The van der Waals surface area contributed by atoms with Crippen LogP contribution in [0.4, 0.5) is 0 Å². The van der Waals surface area contributed by atoms with Crippen molar-refractivity contribution in [3.8, 4) is 0 Å². The first-order valence-corrected chi connectivity index (χ1v) is 4.53. The molecular weight excluding hydrogens is 138 g/mol. The highest BCUT2D eigenvalue weighted by atomic mass is 16.5. The molecule has 2 N–H and O–H groups in total. The minimum atomic E-state index is 0.300. The summed E-state index contributed by atoms with van der Waals surface area (Å²) >= 11 is 0. The van der Waals surface area contributed by atoms with E-state index in [2.05, 4.69) is 13.8 Å². The van der Waals surface area contributed by atoms with E-state index in [1.807, 2.05) is 0 Å². The van der Waals surface area contributed by atoms with Crippen molar-refractivity contribution in [2.75, 3.05) is 13.2 Å². The van der Waals surface area contributed by atoms with Crippen LogP contribution in [0.25, 0.3) is 0 Å². The summed E-state index contributed by atoms with van der Waals surface area (Å²) in [4.78, 5) is 0. The predicted octanol–water partition coefficient (Wildman–Crippen LogP) is 1.40. The average molecular weight is 157 g/mol. The van der Waals surface area contributed by atoms with E-state index in [-0.39, 0.29) is 0 Å². The summed E-state index contributed by atoms with van der Waals surface area (Å²) in [5, 5.41) is 0. The van der Waals surface area contributed by atoms with Gasteiger partial charge in [-0.25, -0.2) is 0 Å². The highest BCUT2D eigenvalue weighted by Crippen LogP contribution is 2.31. The molecule has 0 aromatic carbocycles. The van der Waals surface area contributed by atoms with Crippen LogP contribution < -0.4 is 5.73 Å². The number of hydrogen-bond acceptors (Lipinski definition) is 2. The van der Waals surface area contributed by atoms with Crippen LogP contribution >= 0.6 is 0 Å². The normalized spacial score (nSPS) is 20.7. The van der Waals surface area contributed by atoms with Crippen LogP contribution in [0.2, 0.25) is 0 Å². The van der Waals surface area contributed by atoms with Gasteiger partial charge in [0.1, 0.15) is 0 Å². The summed E-state index contributed by atoms with van der Waals surface area (Å²) in [5.74, 6) is 1.39.